The molecule has 2 N–H and O–H groups in total. The van der Waals surface area contributed by atoms with Crippen LogP contribution in [0.15, 0.2) is 6.20 Å². The molecule has 1 aromatic rings. The van der Waals surface area contributed by atoms with Crippen LogP contribution in [0, 0.1) is 0 Å². The van der Waals surface area contributed by atoms with Crippen LogP contribution in [0.5, 0.6) is 0 Å². The highest BCUT2D eigenvalue weighted by molar-refractivity contribution is 5.22. The number of rotatable bonds is 4. The lowest BCUT2D eigenvalue weighted by molar-refractivity contribution is 0.131. The zero-order chi connectivity index (χ0) is 9.84. The van der Waals surface area contributed by atoms with E-state index >= 15 is 0 Å². The van der Waals surface area contributed by atoms with Gasteiger partial charge in [0.15, 0.2) is 0 Å². The second kappa shape index (κ2) is 4.28. The van der Waals surface area contributed by atoms with Gasteiger partial charge in [0.25, 0.3) is 0 Å². The molecule has 74 valence electrons. The van der Waals surface area contributed by atoms with Crippen molar-refractivity contribution in [2.24, 2.45) is 0 Å². The van der Waals surface area contributed by atoms with E-state index < -0.39 is 0 Å². The predicted octanol–water partition coefficient (Wildman–Crippen LogP) is 1.58. The third-order valence-electron chi connectivity index (χ3n) is 1.82. The number of aromatic nitrogens is 2. The van der Waals surface area contributed by atoms with Crippen LogP contribution in [0.2, 0.25) is 0 Å². The minimum Gasteiger partial charge on any atom is -0.375 e. The normalized spacial score (nSPS) is 11.1. The molecule has 0 bridgehead atoms. The fourth-order valence-electron chi connectivity index (χ4n) is 1.15. The summed E-state index contributed by atoms with van der Waals surface area (Å²) in [5.74, 6) is 0.560. The van der Waals surface area contributed by atoms with Gasteiger partial charge in [0.05, 0.1) is 12.3 Å². The lowest BCUT2D eigenvalue weighted by atomic mass is 10.4. The molecule has 0 amide bonds. The first-order valence-electron chi connectivity index (χ1n) is 4.56. The molecular weight excluding hydrogens is 166 g/mol. The molecule has 1 aromatic heterocycles. The molecule has 0 aliphatic carbocycles. The molecule has 4 heteroatoms. The highest BCUT2D eigenvalue weighted by Crippen LogP contribution is 2.12. The molecule has 0 aromatic carbocycles. The first kappa shape index (κ1) is 10.1. The largest absolute Gasteiger partial charge is 0.375 e. The van der Waals surface area contributed by atoms with Gasteiger partial charge < -0.3 is 15.0 Å². The van der Waals surface area contributed by atoms with E-state index in [1.165, 1.54) is 0 Å². The Kier molecular flexibility index (Phi) is 3.31. The third-order valence-corrected chi connectivity index (χ3v) is 1.82. The van der Waals surface area contributed by atoms with Gasteiger partial charge in [-0.15, -0.1) is 0 Å². The molecule has 1 rings (SSSR count). The summed E-state index contributed by atoms with van der Waals surface area (Å²) in [4.78, 5) is 4.19. The van der Waals surface area contributed by atoms with E-state index in [2.05, 4.69) is 18.8 Å². The number of nitrogen functional groups attached to an aromatic ring is 1. The Morgan fingerprint density at radius 2 is 2.31 bits per heavy atom. The smallest absolute Gasteiger partial charge is 0.200 e. The summed E-state index contributed by atoms with van der Waals surface area (Å²) in [6.07, 6.45) is 1.94. The molecule has 0 radical (unpaired) electrons. The van der Waals surface area contributed by atoms with Gasteiger partial charge in [0.1, 0.15) is 0 Å². The van der Waals surface area contributed by atoms with Crippen LogP contribution in [0.25, 0.3) is 0 Å². The van der Waals surface area contributed by atoms with E-state index in [4.69, 9.17) is 10.5 Å². The van der Waals surface area contributed by atoms with E-state index in [1.807, 2.05) is 17.7 Å². The third kappa shape index (κ3) is 2.45. The summed E-state index contributed by atoms with van der Waals surface area (Å²) in [5.41, 5.74) is 6.61. The van der Waals surface area contributed by atoms with Crippen molar-refractivity contribution in [3.8, 4) is 0 Å². The van der Waals surface area contributed by atoms with Crippen LogP contribution >= 0.6 is 0 Å². The van der Waals surface area contributed by atoms with Crippen LogP contribution in [0.4, 0.5) is 5.95 Å². The highest BCUT2D eigenvalue weighted by atomic mass is 16.5. The van der Waals surface area contributed by atoms with E-state index in [1.54, 1.807) is 0 Å². The van der Waals surface area contributed by atoms with Crippen LogP contribution in [-0.4, -0.2) is 16.2 Å². The number of ether oxygens (including phenoxy) is 1. The Morgan fingerprint density at radius 3 is 2.77 bits per heavy atom. The lowest BCUT2D eigenvalue weighted by Crippen LogP contribution is -2.03. The summed E-state index contributed by atoms with van der Waals surface area (Å²) >= 11 is 0. The molecule has 0 spiro atoms. The molecule has 0 saturated carbocycles. The molecule has 0 saturated heterocycles. The maximum absolute atomic E-state index is 5.71. The summed E-state index contributed by atoms with van der Waals surface area (Å²) in [7, 11) is 0. The number of anilines is 1. The minimum absolute atomic E-state index is 0.350. The van der Waals surface area contributed by atoms with E-state index in [9.17, 15) is 0 Å². The number of nitrogens with two attached hydrogens (primary N) is 1. The van der Waals surface area contributed by atoms with Crippen LogP contribution < -0.4 is 5.73 Å². The van der Waals surface area contributed by atoms with Gasteiger partial charge in [0, 0.05) is 18.8 Å². The zero-order valence-corrected chi connectivity index (χ0v) is 8.45. The Hall–Kier alpha value is -1.03. The number of hydrogen-bond donors (Lipinski definition) is 1. The van der Waals surface area contributed by atoms with Crippen molar-refractivity contribution in [3.63, 3.8) is 0 Å². The molecule has 0 fully saturated rings. The molecule has 0 unspecified atom stereocenters. The lowest BCUT2D eigenvalue weighted by Gasteiger charge is -2.06. The van der Waals surface area contributed by atoms with Crippen molar-refractivity contribution in [1.29, 1.82) is 0 Å². The fraction of sp³-hybridized carbons (Fsp3) is 0.667. The van der Waals surface area contributed by atoms with Gasteiger partial charge in [-0.25, -0.2) is 4.98 Å². The summed E-state index contributed by atoms with van der Waals surface area (Å²) in [6, 6.07) is 0.350. The van der Waals surface area contributed by atoms with Crippen molar-refractivity contribution in [2.75, 3.05) is 12.3 Å². The summed E-state index contributed by atoms with van der Waals surface area (Å²) < 4.78 is 7.18. The van der Waals surface area contributed by atoms with Gasteiger partial charge >= 0.3 is 0 Å². The average Bonchev–Trinajstić information content (AvgIpc) is 2.43. The molecule has 0 aliphatic rings. The van der Waals surface area contributed by atoms with Crippen molar-refractivity contribution >= 4 is 5.95 Å². The highest BCUT2D eigenvalue weighted by Gasteiger charge is 2.06. The summed E-state index contributed by atoms with van der Waals surface area (Å²) in [6.45, 7) is 7.35. The van der Waals surface area contributed by atoms with Gasteiger partial charge in [-0.05, 0) is 20.8 Å². The Bertz CT molecular complexity index is 268. The van der Waals surface area contributed by atoms with E-state index in [0.717, 1.165) is 5.69 Å². The van der Waals surface area contributed by atoms with Crippen molar-refractivity contribution in [3.05, 3.63) is 11.9 Å². The number of hydrogen-bond acceptors (Lipinski definition) is 3. The first-order valence-corrected chi connectivity index (χ1v) is 4.56. The molecular formula is C9H17N3O. The second-order valence-corrected chi connectivity index (χ2v) is 3.23. The maximum atomic E-state index is 5.71. The Labute approximate surface area is 78.7 Å². The second-order valence-electron chi connectivity index (χ2n) is 3.23. The standard InChI is InChI=1S/C9H17N3O/c1-4-13-6-8-5-12(7(2)3)9(10)11-8/h5,7H,4,6H2,1-3H3,(H2,10,11). The Morgan fingerprint density at radius 1 is 1.62 bits per heavy atom. The SMILES string of the molecule is CCOCc1cn(C(C)C)c(N)n1. The predicted molar refractivity (Wildman–Crippen MR) is 52.4 cm³/mol. The van der Waals surface area contributed by atoms with Crippen molar-refractivity contribution in [2.45, 2.75) is 33.4 Å². The molecule has 1 heterocycles. The number of nitrogens with zero attached hydrogens (tertiary/aromatic N) is 2. The minimum atomic E-state index is 0.350. The quantitative estimate of drug-likeness (QED) is 0.771. The first-order chi connectivity index (χ1) is 6.15. The zero-order valence-electron chi connectivity index (χ0n) is 8.45. The van der Waals surface area contributed by atoms with Crippen LogP contribution in [-0.2, 0) is 11.3 Å². The molecule has 0 aliphatic heterocycles. The fourth-order valence-corrected chi connectivity index (χ4v) is 1.15. The van der Waals surface area contributed by atoms with Gasteiger partial charge in [-0.2, -0.15) is 0 Å². The molecule has 4 nitrogen and oxygen atoms in total. The van der Waals surface area contributed by atoms with E-state index in [0.29, 0.717) is 25.2 Å². The topological polar surface area (TPSA) is 53.1 Å². The van der Waals surface area contributed by atoms with Crippen LogP contribution in [0.3, 0.4) is 0 Å². The van der Waals surface area contributed by atoms with Crippen LogP contribution in [0.1, 0.15) is 32.5 Å². The maximum Gasteiger partial charge on any atom is 0.200 e. The summed E-state index contributed by atoms with van der Waals surface area (Å²) in [5, 5.41) is 0. The monoisotopic (exact) mass is 183 g/mol. The van der Waals surface area contributed by atoms with Crippen molar-refractivity contribution < 1.29 is 4.74 Å². The average molecular weight is 183 g/mol. The van der Waals surface area contributed by atoms with Gasteiger partial charge in [-0.3, -0.25) is 0 Å². The van der Waals surface area contributed by atoms with Gasteiger partial charge in [0.2, 0.25) is 5.95 Å². The molecule has 13 heavy (non-hydrogen) atoms. The Balaban J connectivity index is 2.71. The van der Waals surface area contributed by atoms with E-state index in [-0.39, 0.29) is 0 Å². The van der Waals surface area contributed by atoms with Crippen molar-refractivity contribution in [1.82, 2.24) is 9.55 Å². The number of imidazole rings is 1. The van der Waals surface area contributed by atoms with Gasteiger partial charge in [-0.1, -0.05) is 0 Å². The molecule has 0 atom stereocenters.